The molecule has 0 bridgehead atoms. The summed E-state index contributed by atoms with van der Waals surface area (Å²) in [6.07, 6.45) is 4.16. The minimum atomic E-state index is 0.160. The van der Waals surface area contributed by atoms with Crippen molar-refractivity contribution in [3.05, 3.63) is 11.1 Å². The SMILES string of the molecule is CC(C(=O)N(CCCO)C1CCC1)=C1CNC1. The van der Waals surface area contributed by atoms with Crippen molar-refractivity contribution in [3.63, 3.8) is 0 Å². The third-order valence-corrected chi connectivity index (χ3v) is 3.86. The number of nitrogens with one attached hydrogen (secondary N) is 1. The normalized spacial score (nSPS) is 19.5. The van der Waals surface area contributed by atoms with Gasteiger partial charge >= 0.3 is 0 Å². The molecule has 4 nitrogen and oxygen atoms in total. The van der Waals surface area contributed by atoms with Crippen LogP contribution in [0.4, 0.5) is 0 Å². The molecule has 1 aliphatic heterocycles. The number of carbonyl (C=O) groups excluding carboxylic acids is 1. The first-order valence-corrected chi connectivity index (χ1v) is 6.55. The van der Waals surface area contributed by atoms with Crippen molar-refractivity contribution in [2.24, 2.45) is 0 Å². The molecule has 96 valence electrons. The van der Waals surface area contributed by atoms with Crippen molar-refractivity contribution in [2.45, 2.75) is 38.6 Å². The predicted octanol–water partition coefficient (Wildman–Crippen LogP) is 0.670. The summed E-state index contributed by atoms with van der Waals surface area (Å²) in [5.74, 6) is 0.180. The van der Waals surface area contributed by atoms with Crippen molar-refractivity contribution in [2.75, 3.05) is 26.2 Å². The molecule has 2 rings (SSSR count). The van der Waals surface area contributed by atoms with Crippen molar-refractivity contribution in [1.82, 2.24) is 10.2 Å². The predicted molar refractivity (Wildman–Crippen MR) is 66.6 cm³/mol. The first-order valence-electron chi connectivity index (χ1n) is 6.55. The second-order valence-electron chi connectivity index (χ2n) is 4.99. The summed E-state index contributed by atoms with van der Waals surface area (Å²) in [6.45, 7) is 4.50. The molecule has 2 N–H and O–H groups in total. The molecule has 0 aromatic carbocycles. The molecule has 2 fully saturated rings. The Bertz CT molecular complexity index is 315. The quantitative estimate of drug-likeness (QED) is 0.692. The van der Waals surface area contributed by atoms with Crippen LogP contribution in [0.2, 0.25) is 0 Å². The zero-order valence-electron chi connectivity index (χ0n) is 10.5. The molecule has 0 unspecified atom stereocenters. The van der Waals surface area contributed by atoms with Crippen LogP contribution in [0.15, 0.2) is 11.1 Å². The maximum absolute atomic E-state index is 12.4. The fourth-order valence-corrected chi connectivity index (χ4v) is 2.27. The molecule has 2 aliphatic rings. The third kappa shape index (κ3) is 2.69. The third-order valence-electron chi connectivity index (χ3n) is 3.86. The zero-order valence-corrected chi connectivity index (χ0v) is 10.5. The standard InChI is InChI=1S/C13H22N2O2/c1-10(11-8-14-9-11)13(17)15(6-3-7-16)12-4-2-5-12/h12,14,16H,2-9H2,1H3. The number of aliphatic hydroxyl groups is 1. The van der Waals surface area contributed by atoms with Crippen molar-refractivity contribution < 1.29 is 9.90 Å². The summed E-state index contributed by atoms with van der Waals surface area (Å²) in [5.41, 5.74) is 2.15. The van der Waals surface area contributed by atoms with E-state index in [1.807, 2.05) is 11.8 Å². The maximum Gasteiger partial charge on any atom is 0.249 e. The molecule has 1 heterocycles. The van der Waals surface area contributed by atoms with Gasteiger partial charge in [-0.2, -0.15) is 0 Å². The molecule has 4 heteroatoms. The fraction of sp³-hybridized carbons (Fsp3) is 0.769. The lowest BCUT2D eigenvalue weighted by atomic mass is 9.90. The summed E-state index contributed by atoms with van der Waals surface area (Å²) in [6, 6.07) is 0.414. The van der Waals surface area contributed by atoms with Gasteiger partial charge in [0.05, 0.1) is 0 Å². The first-order chi connectivity index (χ1) is 8.24. The Kier molecular flexibility index (Phi) is 4.18. The van der Waals surface area contributed by atoms with Crippen LogP contribution >= 0.6 is 0 Å². The summed E-state index contributed by atoms with van der Waals surface area (Å²) < 4.78 is 0. The Morgan fingerprint density at radius 1 is 1.47 bits per heavy atom. The molecular weight excluding hydrogens is 216 g/mol. The Balaban J connectivity index is 2.00. The molecule has 0 aromatic heterocycles. The molecule has 1 aliphatic carbocycles. The van der Waals surface area contributed by atoms with Gasteiger partial charge in [0.1, 0.15) is 0 Å². The van der Waals surface area contributed by atoms with Gasteiger partial charge in [0, 0.05) is 37.9 Å². The van der Waals surface area contributed by atoms with Gasteiger partial charge in [0.2, 0.25) is 5.91 Å². The molecular formula is C13H22N2O2. The van der Waals surface area contributed by atoms with E-state index in [9.17, 15) is 4.79 Å². The Morgan fingerprint density at radius 3 is 2.59 bits per heavy atom. The number of aliphatic hydroxyl groups excluding tert-OH is 1. The Labute approximate surface area is 103 Å². The Morgan fingerprint density at radius 2 is 2.18 bits per heavy atom. The van der Waals surface area contributed by atoms with Crippen LogP contribution in [0.1, 0.15) is 32.6 Å². The number of carbonyl (C=O) groups is 1. The molecule has 1 saturated heterocycles. The van der Waals surface area contributed by atoms with E-state index in [0.717, 1.165) is 31.5 Å². The summed E-state index contributed by atoms with van der Waals surface area (Å²) in [5, 5.41) is 12.1. The van der Waals surface area contributed by atoms with Crippen molar-refractivity contribution in [3.8, 4) is 0 Å². The summed E-state index contributed by atoms with van der Waals surface area (Å²) >= 11 is 0. The highest BCUT2D eigenvalue weighted by molar-refractivity contribution is 5.94. The largest absolute Gasteiger partial charge is 0.396 e. The van der Waals surface area contributed by atoms with Crippen LogP contribution in [0.5, 0.6) is 0 Å². The van der Waals surface area contributed by atoms with Crippen LogP contribution in [-0.4, -0.2) is 48.2 Å². The van der Waals surface area contributed by atoms with E-state index in [1.165, 1.54) is 12.0 Å². The molecule has 0 atom stereocenters. The number of hydrogen-bond donors (Lipinski definition) is 2. The lowest BCUT2D eigenvalue weighted by molar-refractivity contribution is -0.131. The molecule has 1 amide bonds. The minimum Gasteiger partial charge on any atom is -0.396 e. The molecule has 0 aromatic rings. The Hall–Kier alpha value is -0.870. The second-order valence-corrected chi connectivity index (χ2v) is 4.99. The van der Waals surface area contributed by atoms with E-state index in [-0.39, 0.29) is 12.5 Å². The molecule has 0 spiro atoms. The van der Waals surface area contributed by atoms with E-state index in [2.05, 4.69) is 5.32 Å². The number of rotatable bonds is 5. The zero-order chi connectivity index (χ0) is 12.3. The highest BCUT2D eigenvalue weighted by atomic mass is 16.3. The van der Waals surface area contributed by atoms with E-state index in [0.29, 0.717) is 19.0 Å². The lowest BCUT2D eigenvalue weighted by Gasteiger charge is -2.38. The number of amides is 1. The highest BCUT2D eigenvalue weighted by Crippen LogP contribution is 2.27. The van der Waals surface area contributed by atoms with Crippen LogP contribution in [0.25, 0.3) is 0 Å². The fourth-order valence-electron chi connectivity index (χ4n) is 2.27. The van der Waals surface area contributed by atoms with E-state index < -0.39 is 0 Å². The first kappa shape index (κ1) is 12.6. The minimum absolute atomic E-state index is 0.160. The van der Waals surface area contributed by atoms with Gasteiger partial charge in [-0.15, -0.1) is 0 Å². The highest BCUT2D eigenvalue weighted by Gasteiger charge is 2.30. The van der Waals surface area contributed by atoms with Crippen molar-refractivity contribution in [1.29, 1.82) is 0 Å². The van der Waals surface area contributed by atoms with Gasteiger partial charge in [0.15, 0.2) is 0 Å². The van der Waals surface area contributed by atoms with Crippen LogP contribution < -0.4 is 5.32 Å². The van der Waals surface area contributed by atoms with E-state index >= 15 is 0 Å². The smallest absolute Gasteiger partial charge is 0.249 e. The van der Waals surface area contributed by atoms with Crippen LogP contribution in [-0.2, 0) is 4.79 Å². The van der Waals surface area contributed by atoms with Gasteiger partial charge in [-0.25, -0.2) is 0 Å². The molecule has 1 saturated carbocycles. The second kappa shape index (κ2) is 5.65. The topological polar surface area (TPSA) is 52.6 Å². The maximum atomic E-state index is 12.4. The molecule has 0 radical (unpaired) electrons. The number of hydrogen-bond acceptors (Lipinski definition) is 3. The van der Waals surface area contributed by atoms with Gasteiger partial charge in [-0.3, -0.25) is 4.79 Å². The van der Waals surface area contributed by atoms with E-state index in [1.54, 1.807) is 0 Å². The van der Waals surface area contributed by atoms with Crippen LogP contribution in [0.3, 0.4) is 0 Å². The van der Waals surface area contributed by atoms with Gasteiger partial charge in [-0.1, -0.05) is 0 Å². The molecule has 17 heavy (non-hydrogen) atoms. The number of nitrogens with zero attached hydrogens (tertiary/aromatic N) is 1. The summed E-state index contributed by atoms with van der Waals surface area (Å²) in [7, 11) is 0. The average Bonchev–Trinajstić information content (AvgIpc) is 2.17. The van der Waals surface area contributed by atoms with Gasteiger partial charge < -0.3 is 15.3 Å². The van der Waals surface area contributed by atoms with Gasteiger partial charge in [-0.05, 0) is 38.2 Å². The van der Waals surface area contributed by atoms with Crippen LogP contribution in [0, 0.1) is 0 Å². The van der Waals surface area contributed by atoms with Crippen molar-refractivity contribution >= 4 is 5.91 Å². The average molecular weight is 238 g/mol. The van der Waals surface area contributed by atoms with Gasteiger partial charge in [0.25, 0.3) is 0 Å². The summed E-state index contributed by atoms with van der Waals surface area (Å²) in [4.78, 5) is 14.3. The monoisotopic (exact) mass is 238 g/mol. The van der Waals surface area contributed by atoms with E-state index in [4.69, 9.17) is 5.11 Å². The lowest BCUT2D eigenvalue weighted by Crippen LogP contribution is -2.46.